The maximum absolute atomic E-state index is 12.2. The van der Waals surface area contributed by atoms with Crippen LogP contribution in [0.2, 0.25) is 0 Å². The first-order valence-corrected chi connectivity index (χ1v) is 5.79. The minimum atomic E-state index is -2.78. The maximum atomic E-state index is 12.2. The lowest BCUT2D eigenvalue weighted by Crippen LogP contribution is -2.18. The molecule has 0 aliphatic heterocycles. The fourth-order valence-corrected chi connectivity index (χ4v) is 1.82. The first-order chi connectivity index (χ1) is 8.54. The molecule has 0 radical (unpaired) electrons. The highest BCUT2D eigenvalue weighted by atomic mass is 19.3. The molecule has 0 saturated heterocycles. The SMILES string of the molecule is COCCNCc1cc(C)c(OC(F)F)c(C)c1. The number of rotatable bonds is 7. The summed E-state index contributed by atoms with van der Waals surface area (Å²) < 4.78 is 33.9. The van der Waals surface area contributed by atoms with Gasteiger partial charge in [-0.15, -0.1) is 0 Å². The van der Waals surface area contributed by atoms with Crippen molar-refractivity contribution in [3.8, 4) is 5.75 Å². The van der Waals surface area contributed by atoms with E-state index in [0.717, 1.165) is 23.2 Å². The fourth-order valence-electron chi connectivity index (χ4n) is 1.82. The number of benzene rings is 1. The monoisotopic (exact) mass is 259 g/mol. The second-order valence-corrected chi connectivity index (χ2v) is 4.11. The van der Waals surface area contributed by atoms with Gasteiger partial charge in [-0.25, -0.2) is 0 Å². The third-order valence-corrected chi connectivity index (χ3v) is 2.54. The van der Waals surface area contributed by atoms with E-state index in [4.69, 9.17) is 4.74 Å². The summed E-state index contributed by atoms with van der Waals surface area (Å²) in [6.45, 7) is 2.83. The highest BCUT2D eigenvalue weighted by Crippen LogP contribution is 2.26. The van der Waals surface area contributed by atoms with Gasteiger partial charge in [0.2, 0.25) is 0 Å². The fraction of sp³-hybridized carbons (Fsp3) is 0.538. The number of nitrogens with one attached hydrogen (secondary N) is 1. The quantitative estimate of drug-likeness (QED) is 0.764. The summed E-state index contributed by atoms with van der Waals surface area (Å²) in [6.07, 6.45) is 0. The van der Waals surface area contributed by atoms with E-state index in [9.17, 15) is 8.78 Å². The van der Waals surface area contributed by atoms with E-state index in [1.165, 1.54) is 0 Å². The molecule has 5 heteroatoms. The minimum absolute atomic E-state index is 0.269. The number of ether oxygens (including phenoxy) is 2. The van der Waals surface area contributed by atoms with Crippen LogP contribution in [0.15, 0.2) is 12.1 Å². The van der Waals surface area contributed by atoms with Gasteiger partial charge < -0.3 is 14.8 Å². The molecule has 0 aliphatic rings. The van der Waals surface area contributed by atoms with Crippen LogP contribution in [-0.4, -0.2) is 26.9 Å². The first kappa shape index (κ1) is 14.9. The van der Waals surface area contributed by atoms with Crippen LogP contribution >= 0.6 is 0 Å². The molecule has 0 atom stereocenters. The Balaban J connectivity index is 2.67. The number of hydrogen-bond donors (Lipinski definition) is 1. The summed E-state index contributed by atoms with van der Waals surface area (Å²) in [4.78, 5) is 0. The van der Waals surface area contributed by atoms with Gasteiger partial charge in [0, 0.05) is 20.2 Å². The van der Waals surface area contributed by atoms with Gasteiger partial charge in [-0.3, -0.25) is 0 Å². The number of alkyl halides is 2. The lowest BCUT2D eigenvalue weighted by molar-refractivity contribution is -0.0507. The molecule has 102 valence electrons. The molecule has 0 fully saturated rings. The lowest BCUT2D eigenvalue weighted by Gasteiger charge is -2.13. The van der Waals surface area contributed by atoms with Crippen molar-refractivity contribution in [1.29, 1.82) is 0 Å². The summed E-state index contributed by atoms with van der Waals surface area (Å²) in [6, 6.07) is 3.70. The van der Waals surface area contributed by atoms with E-state index in [2.05, 4.69) is 10.1 Å². The van der Waals surface area contributed by atoms with Gasteiger partial charge in [-0.2, -0.15) is 8.78 Å². The van der Waals surface area contributed by atoms with Crippen LogP contribution in [0.3, 0.4) is 0 Å². The van der Waals surface area contributed by atoms with Crippen LogP contribution < -0.4 is 10.1 Å². The van der Waals surface area contributed by atoms with Crippen molar-refractivity contribution in [2.75, 3.05) is 20.3 Å². The topological polar surface area (TPSA) is 30.5 Å². The highest BCUT2D eigenvalue weighted by molar-refractivity contribution is 5.43. The summed E-state index contributed by atoms with van der Waals surface area (Å²) in [5, 5.41) is 3.20. The predicted octanol–water partition coefficient (Wildman–Crippen LogP) is 2.64. The van der Waals surface area contributed by atoms with E-state index < -0.39 is 6.61 Å². The van der Waals surface area contributed by atoms with Crippen molar-refractivity contribution < 1.29 is 18.3 Å². The summed E-state index contributed by atoms with van der Waals surface area (Å²) >= 11 is 0. The standard InChI is InChI=1S/C13H19F2NO2/c1-9-6-11(8-16-4-5-17-3)7-10(2)12(9)18-13(14)15/h6-7,13,16H,4-5,8H2,1-3H3. The van der Waals surface area contributed by atoms with Crippen molar-refractivity contribution in [2.24, 2.45) is 0 Å². The molecule has 18 heavy (non-hydrogen) atoms. The van der Waals surface area contributed by atoms with Crippen LogP contribution in [0.25, 0.3) is 0 Å². The average Bonchev–Trinajstić information content (AvgIpc) is 2.29. The molecule has 0 saturated carbocycles. The molecule has 1 aromatic carbocycles. The first-order valence-electron chi connectivity index (χ1n) is 5.79. The molecular weight excluding hydrogens is 240 g/mol. The minimum Gasteiger partial charge on any atom is -0.434 e. The maximum Gasteiger partial charge on any atom is 0.387 e. The second-order valence-electron chi connectivity index (χ2n) is 4.11. The molecule has 0 heterocycles. The Kier molecular flexibility index (Phi) is 6.01. The van der Waals surface area contributed by atoms with E-state index in [1.54, 1.807) is 21.0 Å². The van der Waals surface area contributed by atoms with Crippen LogP contribution in [-0.2, 0) is 11.3 Å². The molecule has 3 nitrogen and oxygen atoms in total. The zero-order chi connectivity index (χ0) is 13.5. The Morgan fingerprint density at radius 3 is 2.33 bits per heavy atom. The molecule has 0 aromatic heterocycles. The largest absolute Gasteiger partial charge is 0.434 e. The van der Waals surface area contributed by atoms with Gasteiger partial charge in [-0.1, -0.05) is 12.1 Å². The van der Waals surface area contributed by atoms with Crippen molar-refractivity contribution in [3.63, 3.8) is 0 Å². The van der Waals surface area contributed by atoms with E-state index in [-0.39, 0.29) is 5.75 Å². The normalized spacial score (nSPS) is 11.0. The van der Waals surface area contributed by atoms with Gasteiger partial charge >= 0.3 is 6.61 Å². The Labute approximate surface area is 106 Å². The Bertz CT molecular complexity index is 360. The highest BCUT2D eigenvalue weighted by Gasteiger charge is 2.11. The van der Waals surface area contributed by atoms with Crippen molar-refractivity contribution in [1.82, 2.24) is 5.32 Å². The Morgan fingerprint density at radius 1 is 1.22 bits per heavy atom. The molecule has 0 bridgehead atoms. The Morgan fingerprint density at radius 2 is 1.83 bits per heavy atom. The predicted molar refractivity (Wildman–Crippen MR) is 66.1 cm³/mol. The van der Waals surface area contributed by atoms with Crippen LogP contribution in [0.1, 0.15) is 16.7 Å². The molecule has 1 N–H and O–H groups in total. The van der Waals surface area contributed by atoms with E-state index in [0.29, 0.717) is 13.2 Å². The zero-order valence-corrected chi connectivity index (χ0v) is 10.9. The molecule has 1 aromatic rings. The summed E-state index contributed by atoms with van der Waals surface area (Å²) in [5.41, 5.74) is 2.49. The van der Waals surface area contributed by atoms with Crippen molar-refractivity contribution >= 4 is 0 Å². The van der Waals surface area contributed by atoms with Crippen molar-refractivity contribution in [3.05, 3.63) is 28.8 Å². The number of hydrogen-bond acceptors (Lipinski definition) is 3. The molecule has 0 aliphatic carbocycles. The molecular formula is C13H19F2NO2. The van der Waals surface area contributed by atoms with E-state index >= 15 is 0 Å². The molecule has 1 rings (SSSR count). The molecule has 0 unspecified atom stereocenters. The Hall–Kier alpha value is -1.20. The zero-order valence-electron chi connectivity index (χ0n) is 10.9. The van der Waals surface area contributed by atoms with Gasteiger partial charge in [-0.05, 0) is 30.5 Å². The number of methoxy groups -OCH3 is 1. The van der Waals surface area contributed by atoms with Gasteiger partial charge in [0.15, 0.2) is 0 Å². The van der Waals surface area contributed by atoms with Gasteiger partial charge in [0.05, 0.1) is 6.61 Å². The second kappa shape index (κ2) is 7.28. The molecule has 0 spiro atoms. The van der Waals surface area contributed by atoms with Crippen molar-refractivity contribution in [2.45, 2.75) is 27.0 Å². The molecule has 0 amide bonds. The van der Waals surface area contributed by atoms with Crippen LogP contribution in [0.5, 0.6) is 5.75 Å². The van der Waals surface area contributed by atoms with Gasteiger partial charge in [0.1, 0.15) is 5.75 Å². The average molecular weight is 259 g/mol. The van der Waals surface area contributed by atoms with Crippen LogP contribution in [0.4, 0.5) is 8.78 Å². The smallest absolute Gasteiger partial charge is 0.387 e. The number of aryl methyl sites for hydroxylation is 2. The van der Waals surface area contributed by atoms with E-state index in [1.807, 2.05) is 12.1 Å². The summed E-state index contributed by atoms with van der Waals surface area (Å²) in [5.74, 6) is 0.269. The summed E-state index contributed by atoms with van der Waals surface area (Å²) in [7, 11) is 1.65. The third kappa shape index (κ3) is 4.58. The third-order valence-electron chi connectivity index (χ3n) is 2.54. The van der Waals surface area contributed by atoms with Crippen LogP contribution in [0, 0.1) is 13.8 Å². The van der Waals surface area contributed by atoms with Gasteiger partial charge in [0.25, 0.3) is 0 Å². The lowest BCUT2D eigenvalue weighted by atomic mass is 10.1. The number of halogens is 2.